The highest BCUT2D eigenvalue weighted by atomic mass is 15.1. The third-order valence-electron chi connectivity index (χ3n) is 14.0. The molecule has 0 bridgehead atoms. The Balaban J connectivity index is 0. The van der Waals surface area contributed by atoms with Crippen LogP contribution in [-0.4, -0.2) is 49.1 Å². The number of hydrogen-bond donors (Lipinski definition) is 0. The summed E-state index contributed by atoms with van der Waals surface area (Å²) in [6.07, 6.45) is 69.3. The minimum Gasteiger partial charge on any atom is -0.303 e. The molecule has 0 unspecified atom stereocenters. The SMILES string of the molecule is CCCCCCCCCCN(CCCCCCCCCC)CCCCCCCCCC.CCCCCCCCCCN(CCCCCCCCCC)CCCCCCCCCC. The van der Waals surface area contributed by atoms with Crippen LogP contribution in [0.15, 0.2) is 0 Å². The summed E-state index contributed by atoms with van der Waals surface area (Å²) in [5, 5.41) is 0. The topological polar surface area (TPSA) is 6.48 Å². The highest BCUT2D eigenvalue weighted by molar-refractivity contribution is 4.63. The van der Waals surface area contributed by atoms with Gasteiger partial charge in [-0.1, -0.05) is 311 Å². The Kier molecular flexibility index (Phi) is 62.9. The normalized spacial score (nSPS) is 11.6. The van der Waals surface area contributed by atoms with Crippen molar-refractivity contribution >= 4 is 0 Å². The highest BCUT2D eigenvalue weighted by Gasteiger charge is 2.07. The molecule has 0 aliphatic rings. The van der Waals surface area contributed by atoms with Crippen LogP contribution in [0.25, 0.3) is 0 Å². The summed E-state index contributed by atoms with van der Waals surface area (Å²) in [6, 6.07) is 0. The van der Waals surface area contributed by atoms with Crippen molar-refractivity contribution in [2.24, 2.45) is 0 Å². The monoisotopic (exact) mass is 875 g/mol. The number of rotatable bonds is 54. The molecular formula is C60H126N2. The van der Waals surface area contributed by atoms with Gasteiger partial charge in [-0.2, -0.15) is 0 Å². The fourth-order valence-corrected chi connectivity index (χ4v) is 9.49. The molecule has 0 aliphatic heterocycles. The predicted octanol–water partition coefficient (Wildman–Crippen LogP) is 21.4. The van der Waals surface area contributed by atoms with Crippen molar-refractivity contribution in [3.8, 4) is 0 Å². The first-order valence-corrected chi connectivity index (χ1v) is 30.1. The van der Waals surface area contributed by atoms with Gasteiger partial charge in [0.2, 0.25) is 0 Å². The van der Waals surface area contributed by atoms with E-state index in [9.17, 15) is 0 Å². The standard InChI is InChI=1S/2C30H63N/c2*1-4-7-10-13-16-19-22-25-28-31(29-26-23-20-17-14-11-8-5-2)30-27-24-21-18-15-12-9-6-3/h2*4-30H2,1-3H3. The van der Waals surface area contributed by atoms with Crippen LogP contribution < -0.4 is 0 Å². The second-order valence-corrected chi connectivity index (χ2v) is 20.5. The molecule has 0 amide bonds. The minimum atomic E-state index is 1.36. The van der Waals surface area contributed by atoms with Crippen LogP contribution in [0.3, 0.4) is 0 Å². The summed E-state index contributed by atoms with van der Waals surface area (Å²) in [5.74, 6) is 0. The fraction of sp³-hybridized carbons (Fsp3) is 1.00. The van der Waals surface area contributed by atoms with Gasteiger partial charge in [-0.05, 0) is 77.8 Å². The van der Waals surface area contributed by atoms with E-state index in [2.05, 4.69) is 51.3 Å². The summed E-state index contributed by atoms with van der Waals surface area (Å²) in [4.78, 5) is 5.65. The number of unbranched alkanes of at least 4 members (excludes halogenated alkanes) is 42. The summed E-state index contributed by atoms with van der Waals surface area (Å²) in [7, 11) is 0. The first-order chi connectivity index (χ1) is 30.7. The maximum atomic E-state index is 2.82. The van der Waals surface area contributed by atoms with Crippen molar-refractivity contribution in [3.63, 3.8) is 0 Å². The summed E-state index contributed by atoms with van der Waals surface area (Å²) < 4.78 is 0. The molecule has 0 aliphatic carbocycles. The average molecular weight is 876 g/mol. The second kappa shape index (κ2) is 60.9. The van der Waals surface area contributed by atoms with Crippen LogP contribution in [0.1, 0.15) is 350 Å². The van der Waals surface area contributed by atoms with E-state index in [1.54, 1.807) is 0 Å². The lowest BCUT2D eigenvalue weighted by Crippen LogP contribution is -2.27. The van der Waals surface area contributed by atoms with Gasteiger partial charge >= 0.3 is 0 Å². The van der Waals surface area contributed by atoms with Crippen LogP contribution in [-0.2, 0) is 0 Å². The third kappa shape index (κ3) is 57.9. The second-order valence-electron chi connectivity index (χ2n) is 20.5. The molecule has 0 aromatic carbocycles. The van der Waals surface area contributed by atoms with E-state index in [0.29, 0.717) is 0 Å². The van der Waals surface area contributed by atoms with Crippen molar-refractivity contribution in [1.29, 1.82) is 0 Å². The van der Waals surface area contributed by atoms with Gasteiger partial charge in [0.15, 0.2) is 0 Å². The molecule has 0 aromatic heterocycles. The molecule has 62 heavy (non-hydrogen) atoms. The van der Waals surface area contributed by atoms with Crippen LogP contribution in [0.2, 0.25) is 0 Å². The van der Waals surface area contributed by atoms with Gasteiger partial charge < -0.3 is 9.80 Å². The summed E-state index contributed by atoms with van der Waals surface area (Å²) in [5.41, 5.74) is 0. The number of hydrogen-bond acceptors (Lipinski definition) is 2. The molecule has 2 heteroatoms. The molecule has 0 N–H and O–H groups in total. The first-order valence-electron chi connectivity index (χ1n) is 30.1. The highest BCUT2D eigenvalue weighted by Crippen LogP contribution is 2.16. The molecule has 2 nitrogen and oxygen atoms in total. The van der Waals surface area contributed by atoms with Gasteiger partial charge in [0.05, 0.1) is 0 Å². The Bertz CT molecular complexity index is 566. The summed E-state index contributed by atoms with van der Waals surface area (Å²) >= 11 is 0. The molecule has 0 fully saturated rings. The van der Waals surface area contributed by atoms with Crippen molar-refractivity contribution in [2.75, 3.05) is 39.3 Å². The quantitative estimate of drug-likeness (QED) is 0.0562. The Hall–Kier alpha value is -0.0800. The molecule has 0 saturated heterocycles. The van der Waals surface area contributed by atoms with E-state index >= 15 is 0 Å². The molecule has 0 rings (SSSR count). The van der Waals surface area contributed by atoms with Crippen molar-refractivity contribution < 1.29 is 0 Å². The zero-order valence-corrected chi connectivity index (χ0v) is 45.1. The Morgan fingerprint density at radius 3 is 0.339 bits per heavy atom. The van der Waals surface area contributed by atoms with Crippen molar-refractivity contribution in [3.05, 3.63) is 0 Å². The lowest BCUT2D eigenvalue weighted by molar-refractivity contribution is 0.254. The largest absolute Gasteiger partial charge is 0.303 e. The van der Waals surface area contributed by atoms with Gasteiger partial charge in [0, 0.05) is 0 Å². The Morgan fingerprint density at radius 2 is 0.226 bits per heavy atom. The lowest BCUT2D eigenvalue weighted by Gasteiger charge is -2.22. The Labute approximate surface area is 397 Å². The molecule has 0 heterocycles. The van der Waals surface area contributed by atoms with E-state index in [4.69, 9.17) is 0 Å². The van der Waals surface area contributed by atoms with Gasteiger partial charge in [-0.15, -0.1) is 0 Å². The fourth-order valence-electron chi connectivity index (χ4n) is 9.49. The van der Waals surface area contributed by atoms with E-state index in [0.717, 1.165) is 0 Å². The van der Waals surface area contributed by atoms with Gasteiger partial charge in [-0.3, -0.25) is 0 Å². The van der Waals surface area contributed by atoms with E-state index < -0.39 is 0 Å². The summed E-state index contributed by atoms with van der Waals surface area (Å²) in [6.45, 7) is 22.1. The van der Waals surface area contributed by atoms with Crippen LogP contribution in [0.4, 0.5) is 0 Å². The maximum Gasteiger partial charge on any atom is -0.00187 e. The number of nitrogens with zero attached hydrogens (tertiary/aromatic N) is 2. The van der Waals surface area contributed by atoms with Crippen molar-refractivity contribution in [2.45, 2.75) is 350 Å². The molecule has 0 radical (unpaired) electrons. The molecule has 0 aromatic rings. The molecule has 0 saturated carbocycles. The minimum absolute atomic E-state index is 1.36. The Morgan fingerprint density at radius 1 is 0.129 bits per heavy atom. The van der Waals surface area contributed by atoms with Crippen LogP contribution in [0.5, 0.6) is 0 Å². The molecule has 0 atom stereocenters. The average Bonchev–Trinajstić information content (AvgIpc) is 3.28. The van der Waals surface area contributed by atoms with Gasteiger partial charge in [0.25, 0.3) is 0 Å². The van der Waals surface area contributed by atoms with E-state index in [-0.39, 0.29) is 0 Å². The van der Waals surface area contributed by atoms with Crippen LogP contribution in [0, 0.1) is 0 Å². The predicted molar refractivity (Wildman–Crippen MR) is 289 cm³/mol. The third-order valence-corrected chi connectivity index (χ3v) is 14.0. The van der Waals surface area contributed by atoms with Crippen LogP contribution >= 0.6 is 0 Å². The van der Waals surface area contributed by atoms with E-state index in [1.165, 1.54) is 347 Å². The lowest BCUT2D eigenvalue weighted by atomic mass is 10.1. The first kappa shape index (κ1) is 64.0. The maximum absolute atomic E-state index is 2.82. The van der Waals surface area contributed by atoms with Gasteiger partial charge in [-0.25, -0.2) is 0 Å². The smallest absolute Gasteiger partial charge is 0.00187 e. The zero-order valence-electron chi connectivity index (χ0n) is 45.1. The zero-order chi connectivity index (χ0) is 45.3. The molecule has 376 valence electrons. The molecule has 0 spiro atoms. The van der Waals surface area contributed by atoms with Gasteiger partial charge in [0.1, 0.15) is 0 Å². The molecular weight excluding hydrogens is 749 g/mol. The van der Waals surface area contributed by atoms with E-state index in [1.807, 2.05) is 0 Å². The van der Waals surface area contributed by atoms with Crippen molar-refractivity contribution in [1.82, 2.24) is 9.80 Å².